The Morgan fingerprint density at radius 1 is 1.07 bits per heavy atom. The number of nitriles is 1. The van der Waals surface area contributed by atoms with Crippen LogP contribution in [0, 0.1) is 23.2 Å². The van der Waals surface area contributed by atoms with Gasteiger partial charge in [0.15, 0.2) is 6.10 Å². The fourth-order valence-corrected chi connectivity index (χ4v) is 2.27. The largest absolute Gasteiger partial charge is 0.451 e. The van der Waals surface area contributed by atoms with E-state index in [9.17, 15) is 19.6 Å². The van der Waals surface area contributed by atoms with Crippen molar-refractivity contribution in [2.45, 2.75) is 59.2 Å². The van der Waals surface area contributed by atoms with E-state index in [-0.39, 0.29) is 11.8 Å². The number of carbonyl (C=O) groups excluding carboxylic acids is 3. The van der Waals surface area contributed by atoms with Gasteiger partial charge < -0.3 is 15.4 Å². The van der Waals surface area contributed by atoms with E-state index in [1.807, 2.05) is 13.8 Å². The highest BCUT2D eigenvalue weighted by atomic mass is 16.5. The molecule has 7 heteroatoms. The van der Waals surface area contributed by atoms with Crippen LogP contribution in [-0.4, -0.2) is 35.5 Å². The number of hydrogen-bond donors (Lipinski definition) is 2. The summed E-state index contributed by atoms with van der Waals surface area (Å²) in [7, 11) is 0. The molecule has 2 N–H and O–H groups in total. The maximum atomic E-state index is 12.6. The molecule has 0 aromatic heterocycles. The summed E-state index contributed by atoms with van der Waals surface area (Å²) in [5.41, 5.74) is -0.648. The van der Waals surface area contributed by atoms with Gasteiger partial charge in [0.25, 0.3) is 11.8 Å². The molecule has 2 amide bonds. The molecule has 0 radical (unpaired) electrons. The average Bonchev–Trinajstić information content (AvgIpc) is 2.65. The Balaban J connectivity index is 2.79. The minimum Gasteiger partial charge on any atom is -0.451 e. The molecule has 0 fully saturated rings. The first-order chi connectivity index (χ1) is 13.0. The van der Waals surface area contributed by atoms with Crippen LogP contribution in [0.4, 0.5) is 0 Å². The van der Waals surface area contributed by atoms with Crippen molar-refractivity contribution in [3.8, 4) is 6.07 Å². The number of ether oxygens (including phenoxy) is 1. The number of nitrogens with zero attached hydrogens (tertiary/aromatic N) is 1. The second-order valence-corrected chi connectivity index (χ2v) is 7.60. The number of amides is 2. The summed E-state index contributed by atoms with van der Waals surface area (Å²) in [6, 6.07) is 9.69. The summed E-state index contributed by atoms with van der Waals surface area (Å²) < 4.78 is 5.27. The lowest BCUT2D eigenvalue weighted by Gasteiger charge is -2.29. The molecule has 1 aromatic rings. The standard InChI is InChI=1S/C21H29N3O4/c1-13(2)17(23-19(26)16-10-8-7-9-11-16)20(27)28-15(5)18(25)24-21(6,12-22)14(3)4/h7-11,13-15,17H,1-6H3,(H,23,26)(H,24,25)/t15-,17-,21-/m0/s1. The fraction of sp³-hybridized carbons (Fsp3) is 0.524. The summed E-state index contributed by atoms with van der Waals surface area (Å²) >= 11 is 0. The van der Waals surface area contributed by atoms with Crippen LogP contribution >= 0.6 is 0 Å². The SMILES string of the molecule is CC(C)[C@H](NC(=O)c1ccccc1)C(=O)O[C@@H](C)C(=O)N[C@@](C)(C#N)C(C)C. The summed E-state index contributed by atoms with van der Waals surface area (Å²) in [5, 5.41) is 14.6. The van der Waals surface area contributed by atoms with Gasteiger partial charge in [-0.1, -0.05) is 45.9 Å². The van der Waals surface area contributed by atoms with Crippen LogP contribution in [0.1, 0.15) is 51.9 Å². The van der Waals surface area contributed by atoms with Crippen molar-refractivity contribution in [3.05, 3.63) is 35.9 Å². The third kappa shape index (κ3) is 6.08. The summed E-state index contributed by atoms with van der Waals surface area (Å²) in [6.07, 6.45) is -1.10. The number of hydrogen-bond acceptors (Lipinski definition) is 5. The van der Waals surface area contributed by atoms with Crippen molar-refractivity contribution >= 4 is 17.8 Å². The van der Waals surface area contributed by atoms with Crippen molar-refractivity contribution in [1.29, 1.82) is 5.26 Å². The van der Waals surface area contributed by atoms with Gasteiger partial charge in [0.1, 0.15) is 11.6 Å². The molecule has 0 unspecified atom stereocenters. The third-order valence-corrected chi connectivity index (χ3v) is 4.68. The quantitative estimate of drug-likeness (QED) is 0.666. The zero-order valence-electron chi connectivity index (χ0n) is 17.3. The Kier molecular flexibility index (Phi) is 8.17. The van der Waals surface area contributed by atoms with Gasteiger partial charge in [0, 0.05) is 5.56 Å². The van der Waals surface area contributed by atoms with E-state index in [0.29, 0.717) is 5.56 Å². The molecule has 0 saturated heterocycles. The van der Waals surface area contributed by atoms with E-state index in [0.717, 1.165) is 0 Å². The molecular formula is C21H29N3O4. The number of benzene rings is 1. The molecule has 1 aromatic carbocycles. The molecule has 0 bridgehead atoms. The van der Waals surface area contributed by atoms with Crippen molar-refractivity contribution in [2.75, 3.05) is 0 Å². The number of nitrogens with one attached hydrogen (secondary N) is 2. The average molecular weight is 387 g/mol. The monoisotopic (exact) mass is 387 g/mol. The van der Waals surface area contributed by atoms with Crippen molar-refractivity contribution in [1.82, 2.24) is 10.6 Å². The van der Waals surface area contributed by atoms with E-state index in [1.165, 1.54) is 6.92 Å². The van der Waals surface area contributed by atoms with Crippen molar-refractivity contribution in [3.63, 3.8) is 0 Å². The summed E-state index contributed by atoms with van der Waals surface area (Å²) in [5.74, 6) is -2.04. The van der Waals surface area contributed by atoms with Crippen LogP contribution in [0.5, 0.6) is 0 Å². The van der Waals surface area contributed by atoms with Crippen LogP contribution in [-0.2, 0) is 14.3 Å². The predicted molar refractivity (Wildman–Crippen MR) is 105 cm³/mol. The number of esters is 1. The molecule has 0 aliphatic carbocycles. The fourth-order valence-electron chi connectivity index (χ4n) is 2.27. The molecule has 3 atom stereocenters. The predicted octanol–water partition coefficient (Wildman–Crippen LogP) is 2.43. The zero-order chi connectivity index (χ0) is 21.5. The molecule has 0 heterocycles. The lowest BCUT2D eigenvalue weighted by atomic mass is 9.90. The minimum atomic E-state index is -1.10. The minimum absolute atomic E-state index is 0.127. The number of rotatable bonds is 8. The van der Waals surface area contributed by atoms with Gasteiger partial charge >= 0.3 is 5.97 Å². The Hall–Kier alpha value is -2.88. The van der Waals surface area contributed by atoms with Gasteiger partial charge in [-0.15, -0.1) is 0 Å². The third-order valence-electron chi connectivity index (χ3n) is 4.68. The van der Waals surface area contributed by atoms with Gasteiger partial charge in [0.2, 0.25) is 0 Å². The zero-order valence-corrected chi connectivity index (χ0v) is 17.3. The first-order valence-corrected chi connectivity index (χ1v) is 9.31. The van der Waals surface area contributed by atoms with Gasteiger partial charge in [0.05, 0.1) is 6.07 Å². The second-order valence-electron chi connectivity index (χ2n) is 7.60. The second kappa shape index (κ2) is 9.88. The van der Waals surface area contributed by atoms with Crippen LogP contribution in [0.2, 0.25) is 0 Å². The molecule has 1 rings (SSSR count). The van der Waals surface area contributed by atoms with Crippen molar-refractivity contribution in [2.24, 2.45) is 11.8 Å². The summed E-state index contributed by atoms with van der Waals surface area (Å²) in [4.78, 5) is 37.3. The van der Waals surface area contributed by atoms with Gasteiger partial charge in [-0.2, -0.15) is 5.26 Å². The maximum absolute atomic E-state index is 12.6. The van der Waals surface area contributed by atoms with E-state index < -0.39 is 35.5 Å². The molecule has 7 nitrogen and oxygen atoms in total. The smallest absolute Gasteiger partial charge is 0.329 e. The Labute approximate surface area is 166 Å². The Morgan fingerprint density at radius 2 is 1.64 bits per heavy atom. The highest BCUT2D eigenvalue weighted by Gasteiger charge is 2.34. The lowest BCUT2D eigenvalue weighted by molar-refractivity contribution is -0.158. The van der Waals surface area contributed by atoms with Crippen LogP contribution in [0.25, 0.3) is 0 Å². The van der Waals surface area contributed by atoms with E-state index in [1.54, 1.807) is 51.1 Å². The highest BCUT2D eigenvalue weighted by Crippen LogP contribution is 2.16. The van der Waals surface area contributed by atoms with Gasteiger partial charge in [-0.05, 0) is 37.8 Å². The van der Waals surface area contributed by atoms with Gasteiger partial charge in [-0.3, -0.25) is 9.59 Å². The highest BCUT2D eigenvalue weighted by molar-refractivity contribution is 5.97. The van der Waals surface area contributed by atoms with Gasteiger partial charge in [-0.25, -0.2) is 4.79 Å². The lowest BCUT2D eigenvalue weighted by Crippen LogP contribution is -2.53. The molecule has 28 heavy (non-hydrogen) atoms. The van der Waals surface area contributed by atoms with E-state index >= 15 is 0 Å². The Morgan fingerprint density at radius 3 is 2.11 bits per heavy atom. The van der Waals surface area contributed by atoms with E-state index in [4.69, 9.17) is 4.74 Å². The van der Waals surface area contributed by atoms with Crippen LogP contribution in [0.3, 0.4) is 0 Å². The molecule has 152 valence electrons. The van der Waals surface area contributed by atoms with Crippen LogP contribution < -0.4 is 10.6 Å². The first kappa shape index (κ1) is 23.2. The Bertz CT molecular complexity index is 740. The molecule has 0 aliphatic rings. The van der Waals surface area contributed by atoms with E-state index in [2.05, 4.69) is 16.7 Å². The normalized spacial score (nSPS) is 15.1. The van der Waals surface area contributed by atoms with Crippen molar-refractivity contribution < 1.29 is 19.1 Å². The molecular weight excluding hydrogens is 358 g/mol. The first-order valence-electron chi connectivity index (χ1n) is 9.31. The molecule has 0 aliphatic heterocycles. The molecule has 0 spiro atoms. The van der Waals surface area contributed by atoms with Crippen LogP contribution in [0.15, 0.2) is 30.3 Å². The maximum Gasteiger partial charge on any atom is 0.329 e. The molecule has 0 saturated carbocycles. The summed E-state index contributed by atoms with van der Waals surface area (Å²) in [6.45, 7) is 10.2. The number of carbonyl (C=O) groups is 3. The topological polar surface area (TPSA) is 108 Å².